The smallest absolute Gasteiger partial charge is 0.160 e. The lowest BCUT2D eigenvalue weighted by atomic mass is 9.99. The first-order chi connectivity index (χ1) is 8.30. The third-order valence-electron chi connectivity index (χ3n) is 3.08. The highest BCUT2D eigenvalue weighted by atomic mass is 16.5. The van der Waals surface area contributed by atoms with Crippen LogP contribution in [0.15, 0.2) is 36.7 Å². The summed E-state index contributed by atoms with van der Waals surface area (Å²) >= 11 is 0. The zero-order chi connectivity index (χ0) is 11.7. The number of hydrogen-bond donors (Lipinski definition) is 1. The van der Waals surface area contributed by atoms with Crippen molar-refractivity contribution >= 4 is 0 Å². The molecule has 0 bridgehead atoms. The Balaban J connectivity index is 2.05. The van der Waals surface area contributed by atoms with E-state index < -0.39 is 5.54 Å². The summed E-state index contributed by atoms with van der Waals surface area (Å²) in [5.41, 5.74) is 6.81. The number of nitrogens with zero attached hydrogens (tertiary/aromatic N) is 3. The summed E-state index contributed by atoms with van der Waals surface area (Å²) in [4.78, 5) is 0. The first-order valence-electron chi connectivity index (χ1n) is 5.62. The van der Waals surface area contributed by atoms with Gasteiger partial charge in [0.2, 0.25) is 0 Å². The van der Waals surface area contributed by atoms with Crippen molar-refractivity contribution in [2.45, 2.75) is 12.0 Å². The quantitative estimate of drug-likeness (QED) is 0.830. The molecule has 1 unspecified atom stereocenters. The zero-order valence-electron chi connectivity index (χ0n) is 9.41. The molecule has 3 rings (SSSR count). The maximum absolute atomic E-state index is 6.31. The lowest BCUT2D eigenvalue weighted by Crippen LogP contribution is -2.39. The van der Waals surface area contributed by atoms with E-state index in [0.29, 0.717) is 13.2 Å². The molecular formula is C12H14N4O. The minimum atomic E-state index is -0.521. The molecular weight excluding hydrogens is 216 g/mol. The van der Waals surface area contributed by atoms with Gasteiger partial charge in [0.25, 0.3) is 0 Å². The van der Waals surface area contributed by atoms with Crippen molar-refractivity contribution < 1.29 is 4.74 Å². The summed E-state index contributed by atoms with van der Waals surface area (Å²) < 4.78 is 7.29. The van der Waals surface area contributed by atoms with Gasteiger partial charge in [-0.3, -0.25) is 4.57 Å². The van der Waals surface area contributed by atoms with E-state index in [1.807, 2.05) is 34.9 Å². The second-order valence-corrected chi connectivity index (χ2v) is 4.32. The summed E-state index contributed by atoms with van der Waals surface area (Å²) in [7, 11) is 0. The average molecular weight is 230 g/mol. The van der Waals surface area contributed by atoms with Crippen LogP contribution in [0, 0.1) is 0 Å². The van der Waals surface area contributed by atoms with Gasteiger partial charge in [-0.15, -0.1) is 10.2 Å². The molecule has 0 saturated carbocycles. The van der Waals surface area contributed by atoms with E-state index in [-0.39, 0.29) is 0 Å². The Kier molecular flexibility index (Phi) is 2.42. The third-order valence-corrected chi connectivity index (χ3v) is 3.08. The van der Waals surface area contributed by atoms with E-state index in [4.69, 9.17) is 10.5 Å². The molecule has 2 heterocycles. The van der Waals surface area contributed by atoms with Crippen molar-refractivity contribution in [2.24, 2.45) is 5.73 Å². The highest BCUT2D eigenvalue weighted by Crippen LogP contribution is 2.27. The second-order valence-electron chi connectivity index (χ2n) is 4.32. The van der Waals surface area contributed by atoms with E-state index in [1.54, 1.807) is 6.33 Å². The minimum Gasteiger partial charge on any atom is -0.379 e. The molecule has 1 saturated heterocycles. The van der Waals surface area contributed by atoms with Crippen LogP contribution >= 0.6 is 0 Å². The topological polar surface area (TPSA) is 66.0 Å². The lowest BCUT2D eigenvalue weighted by molar-refractivity contribution is 0.176. The van der Waals surface area contributed by atoms with E-state index in [2.05, 4.69) is 10.2 Å². The Morgan fingerprint density at radius 1 is 1.29 bits per heavy atom. The molecule has 0 radical (unpaired) electrons. The molecule has 88 valence electrons. The molecule has 1 aromatic heterocycles. The molecule has 1 aromatic carbocycles. The molecule has 1 aliphatic heterocycles. The molecule has 1 atom stereocenters. The van der Waals surface area contributed by atoms with Gasteiger partial charge < -0.3 is 10.5 Å². The minimum absolute atomic E-state index is 0.499. The van der Waals surface area contributed by atoms with E-state index in [1.165, 1.54) is 0 Å². The SMILES string of the molecule is NC1(c2nncn2-c2ccccc2)CCOC1. The van der Waals surface area contributed by atoms with Crippen molar-refractivity contribution in [3.63, 3.8) is 0 Å². The second kappa shape index (κ2) is 3.94. The molecule has 0 amide bonds. The van der Waals surface area contributed by atoms with Gasteiger partial charge in [-0.1, -0.05) is 18.2 Å². The van der Waals surface area contributed by atoms with Crippen molar-refractivity contribution in [3.05, 3.63) is 42.5 Å². The van der Waals surface area contributed by atoms with E-state index in [0.717, 1.165) is 17.9 Å². The molecule has 1 aliphatic rings. The Bertz CT molecular complexity index is 502. The molecule has 1 fully saturated rings. The van der Waals surface area contributed by atoms with Crippen LogP contribution in [0.4, 0.5) is 0 Å². The fourth-order valence-electron chi connectivity index (χ4n) is 2.11. The highest BCUT2D eigenvalue weighted by molar-refractivity contribution is 5.33. The molecule has 5 heteroatoms. The van der Waals surface area contributed by atoms with Crippen LogP contribution in [-0.4, -0.2) is 28.0 Å². The number of rotatable bonds is 2. The zero-order valence-corrected chi connectivity index (χ0v) is 9.41. The summed E-state index contributed by atoms with van der Waals surface area (Å²) in [5, 5.41) is 8.12. The van der Waals surface area contributed by atoms with Gasteiger partial charge in [-0.25, -0.2) is 0 Å². The number of hydrogen-bond acceptors (Lipinski definition) is 4. The van der Waals surface area contributed by atoms with Crippen LogP contribution in [0.2, 0.25) is 0 Å². The van der Waals surface area contributed by atoms with Crippen LogP contribution in [0.1, 0.15) is 12.2 Å². The van der Waals surface area contributed by atoms with Crippen LogP contribution < -0.4 is 5.73 Å². The Morgan fingerprint density at radius 3 is 2.82 bits per heavy atom. The van der Waals surface area contributed by atoms with Gasteiger partial charge in [-0.2, -0.15) is 0 Å². The maximum Gasteiger partial charge on any atom is 0.160 e. The molecule has 5 nitrogen and oxygen atoms in total. The molecule has 0 spiro atoms. The summed E-state index contributed by atoms with van der Waals surface area (Å²) in [6.07, 6.45) is 2.47. The fourth-order valence-corrected chi connectivity index (χ4v) is 2.11. The monoisotopic (exact) mass is 230 g/mol. The van der Waals surface area contributed by atoms with E-state index in [9.17, 15) is 0 Å². The van der Waals surface area contributed by atoms with Crippen LogP contribution in [0.3, 0.4) is 0 Å². The van der Waals surface area contributed by atoms with Crippen molar-refractivity contribution in [1.29, 1.82) is 0 Å². The van der Waals surface area contributed by atoms with Gasteiger partial charge in [0, 0.05) is 12.3 Å². The van der Waals surface area contributed by atoms with Crippen LogP contribution in [0.25, 0.3) is 5.69 Å². The van der Waals surface area contributed by atoms with Crippen molar-refractivity contribution in [1.82, 2.24) is 14.8 Å². The Hall–Kier alpha value is -1.72. The maximum atomic E-state index is 6.31. The number of ether oxygens (including phenoxy) is 1. The van der Waals surface area contributed by atoms with E-state index >= 15 is 0 Å². The Labute approximate surface area is 99.2 Å². The normalized spacial score (nSPS) is 24.1. The summed E-state index contributed by atoms with van der Waals surface area (Å²) in [5.74, 6) is 0.765. The third kappa shape index (κ3) is 1.73. The number of benzene rings is 1. The fraction of sp³-hybridized carbons (Fsp3) is 0.333. The van der Waals surface area contributed by atoms with Crippen LogP contribution in [-0.2, 0) is 10.3 Å². The molecule has 0 aliphatic carbocycles. The molecule has 2 N–H and O–H groups in total. The molecule has 17 heavy (non-hydrogen) atoms. The highest BCUT2D eigenvalue weighted by Gasteiger charge is 2.37. The van der Waals surface area contributed by atoms with Gasteiger partial charge in [0.05, 0.1) is 6.61 Å². The molecule has 2 aromatic rings. The van der Waals surface area contributed by atoms with Crippen LogP contribution in [0.5, 0.6) is 0 Å². The first-order valence-corrected chi connectivity index (χ1v) is 5.62. The van der Waals surface area contributed by atoms with Gasteiger partial charge in [-0.05, 0) is 18.6 Å². The standard InChI is InChI=1S/C12H14N4O/c13-12(6-7-17-8-12)11-15-14-9-16(11)10-4-2-1-3-5-10/h1-5,9H,6-8,13H2. The average Bonchev–Trinajstić information content (AvgIpc) is 2.99. The summed E-state index contributed by atoms with van der Waals surface area (Å²) in [6, 6.07) is 9.95. The van der Waals surface area contributed by atoms with Gasteiger partial charge in [0.1, 0.15) is 11.9 Å². The van der Waals surface area contributed by atoms with Crippen molar-refractivity contribution in [2.75, 3.05) is 13.2 Å². The predicted molar refractivity (Wildman–Crippen MR) is 62.7 cm³/mol. The number of para-hydroxylation sites is 1. The Morgan fingerprint density at radius 2 is 2.12 bits per heavy atom. The number of aromatic nitrogens is 3. The summed E-state index contributed by atoms with van der Waals surface area (Å²) in [6.45, 7) is 1.18. The first kappa shape index (κ1) is 10.4. The predicted octanol–water partition coefficient (Wildman–Crippen LogP) is 0.842. The lowest BCUT2D eigenvalue weighted by Gasteiger charge is -2.21. The van der Waals surface area contributed by atoms with Gasteiger partial charge in [0.15, 0.2) is 5.82 Å². The van der Waals surface area contributed by atoms with Crippen molar-refractivity contribution in [3.8, 4) is 5.69 Å². The van der Waals surface area contributed by atoms with Gasteiger partial charge >= 0.3 is 0 Å². The largest absolute Gasteiger partial charge is 0.379 e. The number of nitrogens with two attached hydrogens (primary N) is 1.